The second kappa shape index (κ2) is 7.49. The van der Waals surface area contributed by atoms with Gasteiger partial charge in [-0.1, -0.05) is 19.9 Å². The van der Waals surface area contributed by atoms with Gasteiger partial charge in [0.15, 0.2) is 6.61 Å². The number of carbonyl (C=O) groups excluding carboxylic acids is 1. The van der Waals surface area contributed by atoms with Crippen molar-refractivity contribution in [2.24, 2.45) is 5.73 Å². The Morgan fingerprint density at radius 1 is 1.27 bits per heavy atom. The van der Waals surface area contributed by atoms with Crippen LogP contribution in [0, 0.1) is 0 Å². The molecule has 0 unspecified atom stereocenters. The number of rotatable bonds is 7. The lowest BCUT2D eigenvalue weighted by Gasteiger charge is -2.31. The molecule has 0 spiro atoms. The Kier molecular flexibility index (Phi) is 6.22. The van der Waals surface area contributed by atoms with Gasteiger partial charge in [0.25, 0.3) is 5.91 Å². The molecule has 0 aromatic heterocycles. The second-order valence-corrected chi connectivity index (χ2v) is 5.05. The van der Waals surface area contributed by atoms with Gasteiger partial charge >= 0.3 is 6.18 Å². The summed E-state index contributed by atoms with van der Waals surface area (Å²) in [5.41, 5.74) is 4.35. The molecule has 0 aliphatic carbocycles. The number of hydrogen-bond donors (Lipinski definition) is 2. The lowest BCUT2D eigenvalue weighted by molar-refractivity contribution is -0.137. The van der Waals surface area contributed by atoms with E-state index in [-0.39, 0.29) is 18.9 Å². The molecular weight excluding hydrogens is 297 g/mol. The molecule has 3 N–H and O–H groups in total. The van der Waals surface area contributed by atoms with Gasteiger partial charge in [-0.3, -0.25) is 4.79 Å². The van der Waals surface area contributed by atoms with Gasteiger partial charge in [-0.25, -0.2) is 0 Å². The van der Waals surface area contributed by atoms with Gasteiger partial charge in [0, 0.05) is 6.54 Å². The lowest BCUT2D eigenvalue weighted by Crippen LogP contribution is -2.54. The topological polar surface area (TPSA) is 64.3 Å². The second-order valence-electron chi connectivity index (χ2n) is 5.05. The highest BCUT2D eigenvalue weighted by Gasteiger charge is 2.31. The fourth-order valence-corrected chi connectivity index (χ4v) is 2.01. The predicted octanol–water partition coefficient (Wildman–Crippen LogP) is 2.72. The summed E-state index contributed by atoms with van der Waals surface area (Å²) in [4.78, 5) is 11.9. The highest BCUT2D eigenvalue weighted by atomic mass is 19.4. The summed E-state index contributed by atoms with van der Waals surface area (Å²) in [7, 11) is 0. The van der Waals surface area contributed by atoms with Crippen molar-refractivity contribution in [1.82, 2.24) is 5.32 Å². The minimum atomic E-state index is -4.44. The van der Waals surface area contributed by atoms with Crippen molar-refractivity contribution in [1.29, 1.82) is 0 Å². The third-order valence-electron chi connectivity index (χ3n) is 3.68. The molecule has 0 aliphatic heterocycles. The summed E-state index contributed by atoms with van der Waals surface area (Å²) >= 11 is 0. The molecule has 1 aromatic carbocycles. The quantitative estimate of drug-likeness (QED) is 0.812. The maximum absolute atomic E-state index is 12.6. The average molecular weight is 318 g/mol. The Balaban J connectivity index is 2.65. The van der Waals surface area contributed by atoms with Gasteiger partial charge in [0.05, 0.1) is 11.1 Å². The van der Waals surface area contributed by atoms with Crippen LogP contribution in [0.5, 0.6) is 5.75 Å². The first-order valence-corrected chi connectivity index (χ1v) is 7.07. The van der Waals surface area contributed by atoms with Crippen molar-refractivity contribution in [3.63, 3.8) is 0 Å². The molecule has 0 fully saturated rings. The third-order valence-corrected chi connectivity index (χ3v) is 3.68. The summed E-state index contributed by atoms with van der Waals surface area (Å²) in [6.07, 6.45) is -3.12. The molecular formula is C15H21F3N2O2. The van der Waals surface area contributed by atoms with E-state index in [0.29, 0.717) is 12.8 Å². The van der Waals surface area contributed by atoms with Gasteiger partial charge in [-0.05, 0) is 31.0 Å². The highest BCUT2D eigenvalue weighted by molar-refractivity contribution is 5.78. The van der Waals surface area contributed by atoms with E-state index in [0.717, 1.165) is 12.1 Å². The molecule has 124 valence electrons. The van der Waals surface area contributed by atoms with Crippen molar-refractivity contribution in [2.45, 2.75) is 38.4 Å². The van der Waals surface area contributed by atoms with Crippen LogP contribution >= 0.6 is 0 Å². The van der Waals surface area contributed by atoms with Gasteiger partial charge in [-0.2, -0.15) is 13.2 Å². The Morgan fingerprint density at radius 3 is 2.41 bits per heavy atom. The van der Waals surface area contributed by atoms with Crippen molar-refractivity contribution >= 4 is 5.91 Å². The first-order chi connectivity index (χ1) is 10.3. The van der Waals surface area contributed by atoms with Gasteiger partial charge in [0.1, 0.15) is 5.75 Å². The number of hydrogen-bond acceptors (Lipinski definition) is 3. The summed E-state index contributed by atoms with van der Waals surface area (Å²) in [5, 5.41) is 2.78. The van der Waals surface area contributed by atoms with Crippen LogP contribution < -0.4 is 15.8 Å². The van der Waals surface area contributed by atoms with Crippen LogP contribution in [0.2, 0.25) is 0 Å². The number of amides is 1. The van der Waals surface area contributed by atoms with Crippen LogP contribution in [0.1, 0.15) is 32.3 Å². The van der Waals surface area contributed by atoms with E-state index in [4.69, 9.17) is 10.5 Å². The van der Waals surface area contributed by atoms with E-state index in [1.54, 1.807) is 0 Å². The van der Waals surface area contributed by atoms with E-state index in [2.05, 4.69) is 5.32 Å². The zero-order valence-corrected chi connectivity index (χ0v) is 12.7. The highest BCUT2D eigenvalue weighted by Crippen LogP contribution is 2.31. The molecule has 1 rings (SSSR count). The first kappa shape index (κ1) is 18.3. The fourth-order valence-electron chi connectivity index (χ4n) is 2.01. The Morgan fingerprint density at radius 2 is 1.91 bits per heavy atom. The number of carbonyl (C=O) groups is 1. The molecule has 0 bridgehead atoms. The largest absolute Gasteiger partial charge is 0.484 e. The van der Waals surface area contributed by atoms with Crippen molar-refractivity contribution in [3.8, 4) is 5.75 Å². The average Bonchev–Trinajstić information content (AvgIpc) is 2.50. The number of benzene rings is 1. The van der Waals surface area contributed by atoms with Crippen LogP contribution in [0.3, 0.4) is 0 Å². The van der Waals surface area contributed by atoms with Crippen molar-refractivity contribution in [2.75, 3.05) is 13.2 Å². The van der Waals surface area contributed by atoms with E-state index >= 15 is 0 Å². The minimum absolute atomic E-state index is 0.00341. The molecule has 0 heterocycles. The molecule has 0 saturated carbocycles. The SMILES string of the molecule is CCC(CC)(CN)NC(=O)COc1cccc(C(F)(F)F)c1. The molecule has 0 radical (unpaired) electrons. The Hall–Kier alpha value is -1.76. The summed E-state index contributed by atoms with van der Waals surface area (Å²) in [6, 6.07) is 4.42. The normalized spacial score (nSPS) is 12.1. The molecule has 22 heavy (non-hydrogen) atoms. The standard InChI is InChI=1S/C15H21F3N2O2/c1-3-14(4-2,10-19)20-13(21)9-22-12-7-5-6-11(8-12)15(16,17)18/h5-8H,3-4,9-10,19H2,1-2H3,(H,20,21). The molecule has 0 aliphatic rings. The van der Waals surface area contributed by atoms with Crippen molar-refractivity contribution in [3.05, 3.63) is 29.8 Å². The van der Waals surface area contributed by atoms with Crippen LogP contribution in [-0.4, -0.2) is 24.6 Å². The lowest BCUT2D eigenvalue weighted by atomic mass is 9.93. The van der Waals surface area contributed by atoms with E-state index in [1.165, 1.54) is 12.1 Å². The third kappa shape index (κ3) is 4.91. The van der Waals surface area contributed by atoms with Crippen LogP contribution in [0.4, 0.5) is 13.2 Å². The molecule has 1 aromatic rings. The number of alkyl halides is 3. The number of halogens is 3. The Bertz CT molecular complexity index is 492. The van der Waals surface area contributed by atoms with E-state index in [9.17, 15) is 18.0 Å². The monoisotopic (exact) mass is 318 g/mol. The van der Waals surface area contributed by atoms with Crippen LogP contribution in [0.25, 0.3) is 0 Å². The van der Waals surface area contributed by atoms with Gasteiger partial charge < -0.3 is 15.8 Å². The van der Waals surface area contributed by atoms with Crippen LogP contribution in [0.15, 0.2) is 24.3 Å². The van der Waals surface area contributed by atoms with Crippen molar-refractivity contribution < 1.29 is 22.7 Å². The van der Waals surface area contributed by atoms with E-state index in [1.807, 2.05) is 13.8 Å². The molecule has 4 nitrogen and oxygen atoms in total. The first-order valence-electron chi connectivity index (χ1n) is 7.07. The molecule has 1 amide bonds. The molecule has 0 atom stereocenters. The number of ether oxygens (including phenoxy) is 1. The molecule has 0 saturated heterocycles. The van der Waals surface area contributed by atoms with Gasteiger partial charge in [0.2, 0.25) is 0 Å². The Labute approximate surface area is 127 Å². The summed E-state index contributed by atoms with van der Waals surface area (Å²) < 4.78 is 42.9. The summed E-state index contributed by atoms with van der Waals surface area (Å²) in [6.45, 7) is 3.74. The molecule has 7 heteroatoms. The minimum Gasteiger partial charge on any atom is -0.484 e. The van der Waals surface area contributed by atoms with Crippen LogP contribution in [-0.2, 0) is 11.0 Å². The maximum atomic E-state index is 12.6. The smallest absolute Gasteiger partial charge is 0.416 e. The number of nitrogens with one attached hydrogen (secondary N) is 1. The fraction of sp³-hybridized carbons (Fsp3) is 0.533. The van der Waals surface area contributed by atoms with Gasteiger partial charge in [-0.15, -0.1) is 0 Å². The zero-order chi connectivity index (χ0) is 16.8. The predicted molar refractivity (Wildman–Crippen MR) is 77.4 cm³/mol. The summed E-state index contributed by atoms with van der Waals surface area (Å²) in [5.74, 6) is -0.414. The maximum Gasteiger partial charge on any atom is 0.416 e. The number of nitrogens with two attached hydrogens (primary N) is 1. The zero-order valence-electron chi connectivity index (χ0n) is 12.7. The van der Waals surface area contributed by atoms with E-state index < -0.39 is 23.2 Å².